The molecule has 0 atom stereocenters. The van der Waals surface area contributed by atoms with Crippen molar-refractivity contribution in [2.75, 3.05) is 11.9 Å². The summed E-state index contributed by atoms with van der Waals surface area (Å²) in [5, 5.41) is 3.39. The van der Waals surface area contributed by atoms with Gasteiger partial charge >= 0.3 is 0 Å². The number of rotatable bonds is 8. The van der Waals surface area contributed by atoms with Crippen LogP contribution in [0.25, 0.3) is 0 Å². The molecule has 0 amide bonds. The molecule has 2 nitrogen and oxygen atoms in total. The fourth-order valence-corrected chi connectivity index (χ4v) is 1.89. The molecule has 0 bridgehead atoms. The standard InChI is InChI=1S/C16H25NO/c1-4-16(18)14-8-10-15(11-9-14)17-12-6-5-7-13(2)3/h8-11,13,17H,4-7,12H2,1-3H3. The highest BCUT2D eigenvalue weighted by molar-refractivity contribution is 5.96. The summed E-state index contributed by atoms with van der Waals surface area (Å²) >= 11 is 0. The smallest absolute Gasteiger partial charge is 0.162 e. The van der Waals surface area contributed by atoms with Crippen LogP contribution in [0.4, 0.5) is 5.69 Å². The van der Waals surface area contributed by atoms with Gasteiger partial charge in [0.05, 0.1) is 0 Å². The fraction of sp³-hybridized carbons (Fsp3) is 0.562. The maximum Gasteiger partial charge on any atom is 0.162 e. The minimum atomic E-state index is 0.207. The van der Waals surface area contributed by atoms with Gasteiger partial charge in [-0.1, -0.05) is 33.6 Å². The molecule has 1 rings (SSSR count). The van der Waals surface area contributed by atoms with Gasteiger partial charge in [0.15, 0.2) is 5.78 Å². The fourth-order valence-electron chi connectivity index (χ4n) is 1.89. The second kappa shape index (κ2) is 7.91. The highest BCUT2D eigenvalue weighted by Gasteiger charge is 2.01. The zero-order valence-corrected chi connectivity index (χ0v) is 11.8. The first-order chi connectivity index (χ1) is 8.63. The number of hydrogen-bond donors (Lipinski definition) is 1. The zero-order valence-electron chi connectivity index (χ0n) is 11.8. The van der Waals surface area contributed by atoms with E-state index >= 15 is 0 Å². The first-order valence-electron chi connectivity index (χ1n) is 7.00. The van der Waals surface area contributed by atoms with Crippen LogP contribution >= 0.6 is 0 Å². The van der Waals surface area contributed by atoms with Crippen molar-refractivity contribution >= 4 is 11.5 Å². The van der Waals surface area contributed by atoms with Crippen molar-refractivity contribution in [1.29, 1.82) is 0 Å². The molecule has 18 heavy (non-hydrogen) atoms. The topological polar surface area (TPSA) is 29.1 Å². The van der Waals surface area contributed by atoms with Gasteiger partial charge in [-0.15, -0.1) is 0 Å². The van der Waals surface area contributed by atoms with E-state index in [4.69, 9.17) is 0 Å². The number of unbranched alkanes of at least 4 members (excludes halogenated alkanes) is 1. The van der Waals surface area contributed by atoms with Crippen molar-refractivity contribution in [3.8, 4) is 0 Å². The van der Waals surface area contributed by atoms with Gasteiger partial charge in [-0.3, -0.25) is 4.79 Å². The predicted octanol–water partition coefficient (Wildman–Crippen LogP) is 4.52. The van der Waals surface area contributed by atoms with Crippen LogP contribution in [-0.4, -0.2) is 12.3 Å². The van der Waals surface area contributed by atoms with Gasteiger partial charge in [0.1, 0.15) is 0 Å². The third kappa shape index (κ3) is 5.35. The van der Waals surface area contributed by atoms with Gasteiger partial charge in [0.25, 0.3) is 0 Å². The molecule has 0 aliphatic carbocycles. The molecule has 0 saturated carbocycles. The average molecular weight is 247 g/mol. The molecule has 0 spiro atoms. The molecular weight excluding hydrogens is 222 g/mol. The highest BCUT2D eigenvalue weighted by atomic mass is 16.1. The van der Waals surface area contributed by atoms with Gasteiger partial charge < -0.3 is 5.32 Å². The van der Waals surface area contributed by atoms with Gasteiger partial charge in [0, 0.05) is 24.2 Å². The van der Waals surface area contributed by atoms with Crippen molar-refractivity contribution in [2.45, 2.75) is 46.5 Å². The zero-order chi connectivity index (χ0) is 13.4. The third-order valence-electron chi connectivity index (χ3n) is 3.07. The van der Waals surface area contributed by atoms with Crippen LogP contribution in [0.2, 0.25) is 0 Å². The van der Waals surface area contributed by atoms with E-state index in [1.165, 1.54) is 19.3 Å². The number of carbonyl (C=O) groups excluding carboxylic acids is 1. The van der Waals surface area contributed by atoms with Gasteiger partial charge in [-0.05, 0) is 36.6 Å². The molecule has 2 heteroatoms. The highest BCUT2D eigenvalue weighted by Crippen LogP contribution is 2.12. The molecule has 0 radical (unpaired) electrons. The van der Waals surface area contributed by atoms with Crippen molar-refractivity contribution in [2.24, 2.45) is 5.92 Å². The summed E-state index contributed by atoms with van der Waals surface area (Å²) in [6.07, 6.45) is 4.35. The van der Waals surface area contributed by atoms with E-state index in [2.05, 4.69) is 19.2 Å². The van der Waals surface area contributed by atoms with Crippen LogP contribution in [0.5, 0.6) is 0 Å². The van der Waals surface area contributed by atoms with Crippen LogP contribution in [0.3, 0.4) is 0 Å². The first-order valence-corrected chi connectivity index (χ1v) is 7.00. The van der Waals surface area contributed by atoms with E-state index in [-0.39, 0.29) is 5.78 Å². The van der Waals surface area contributed by atoms with Gasteiger partial charge in [-0.25, -0.2) is 0 Å². The molecule has 0 saturated heterocycles. The van der Waals surface area contributed by atoms with Crippen LogP contribution in [0.1, 0.15) is 56.8 Å². The third-order valence-corrected chi connectivity index (χ3v) is 3.07. The minimum absolute atomic E-state index is 0.207. The van der Waals surface area contributed by atoms with Crippen LogP contribution in [0.15, 0.2) is 24.3 Å². The molecule has 1 aromatic rings. The quantitative estimate of drug-likeness (QED) is 0.540. The maximum absolute atomic E-state index is 11.5. The average Bonchev–Trinajstić information content (AvgIpc) is 2.38. The lowest BCUT2D eigenvalue weighted by molar-refractivity contribution is 0.0988. The summed E-state index contributed by atoms with van der Waals surface area (Å²) in [6.45, 7) is 7.42. The molecular formula is C16H25NO. The van der Waals surface area contributed by atoms with E-state index < -0.39 is 0 Å². The van der Waals surface area contributed by atoms with E-state index in [9.17, 15) is 4.79 Å². The van der Waals surface area contributed by atoms with Crippen molar-refractivity contribution < 1.29 is 4.79 Å². The SMILES string of the molecule is CCC(=O)c1ccc(NCCCCC(C)C)cc1. The van der Waals surface area contributed by atoms with Gasteiger partial charge in [0.2, 0.25) is 0 Å². The second-order valence-corrected chi connectivity index (χ2v) is 5.17. The van der Waals surface area contributed by atoms with E-state index in [0.717, 1.165) is 23.7 Å². The first kappa shape index (κ1) is 14.7. The maximum atomic E-state index is 11.5. The molecule has 1 N–H and O–H groups in total. The predicted molar refractivity (Wildman–Crippen MR) is 78.2 cm³/mol. The number of Topliss-reactive ketones (excluding diaryl/α,β-unsaturated/α-hetero) is 1. The molecule has 0 aliphatic rings. The molecule has 0 aromatic heterocycles. The lowest BCUT2D eigenvalue weighted by Gasteiger charge is -2.08. The number of carbonyl (C=O) groups is 1. The summed E-state index contributed by atoms with van der Waals surface area (Å²) < 4.78 is 0. The Morgan fingerprint density at radius 1 is 1.17 bits per heavy atom. The van der Waals surface area contributed by atoms with Crippen molar-refractivity contribution in [3.05, 3.63) is 29.8 Å². The molecule has 0 fully saturated rings. The molecule has 0 aliphatic heterocycles. The number of hydrogen-bond acceptors (Lipinski definition) is 2. The van der Waals surface area contributed by atoms with Crippen LogP contribution < -0.4 is 5.32 Å². The normalized spacial score (nSPS) is 10.7. The van der Waals surface area contributed by atoms with Crippen molar-refractivity contribution in [1.82, 2.24) is 0 Å². The Kier molecular flexibility index (Phi) is 6.48. The summed E-state index contributed by atoms with van der Waals surface area (Å²) in [6, 6.07) is 7.79. The second-order valence-electron chi connectivity index (χ2n) is 5.17. The van der Waals surface area contributed by atoms with Crippen molar-refractivity contribution in [3.63, 3.8) is 0 Å². The monoisotopic (exact) mass is 247 g/mol. The molecule has 100 valence electrons. The Bertz CT molecular complexity index is 354. The van der Waals surface area contributed by atoms with E-state index in [1.54, 1.807) is 0 Å². The lowest BCUT2D eigenvalue weighted by atomic mass is 10.1. The number of anilines is 1. The Balaban J connectivity index is 2.29. The Labute approximate surface area is 111 Å². The molecule has 0 unspecified atom stereocenters. The summed E-state index contributed by atoms with van der Waals surface area (Å²) in [5.74, 6) is 1.00. The minimum Gasteiger partial charge on any atom is -0.385 e. The Morgan fingerprint density at radius 2 is 1.83 bits per heavy atom. The molecule has 1 aromatic carbocycles. The number of ketones is 1. The Morgan fingerprint density at radius 3 is 2.39 bits per heavy atom. The number of nitrogens with one attached hydrogen (secondary N) is 1. The summed E-state index contributed by atoms with van der Waals surface area (Å²) in [4.78, 5) is 11.5. The number of benzene rings is 1. The van der Waals surface area contributed by atoms with Crippen LogP contribution in [-0.2, 0) is 0 Å². The van der Waals surface area contributed by atoms with E-state index in [1.807, 2.05) is 31.2 Å². The Hall–Kier alpha value is -1.31. The van der Waals surface area contributed by atoms with E-state index in [0.29, 0.717) is 6.42 Å². The lowest BCUT2D eigenvalue weighted by Crippen LogP contribution is -2.03. The largest absolute Gasteiger partial charge is 0.385 e. The van der Waals surface area contributed by atoms with Crippen LogP contribution in [0, 0.1) is 5.92 Å². The summed E-state index contributed by atoms with van der Waals surface area (Å²) in [5.41, 5.74) is 1.91. The molecule has 0 heterocycles. The summed E-state index contributed by atoms with van der Waals surface area (Å²) in [7, 11) is 0. The van der Waals surface area contributed by atoms with Gasteiger partial charge in [-0.2, -0.15) is 0 Å².